The van der Waals surface area contributed by atoms with Gasteiger partial charge >= 0.3 is 0 Å². The second-order valence-electron chi connectivity index (χ2n) is 4.14. The molecule has 1 heterocycles. The Balaban J connectivity index is 2.49. The van der Waals surface area contributed by atoms with E-state index in [1.165, 1.54) is 0 Å². The van der Waals surface area contributed by atoms with E-state index in [1.807, 2.05) is 36.6 Å². The number of carbonyl (C=O) groups is 1. The second kappa shape index (κ2) is 5.40. The monoisotopic (exact) mass is 265 g/mol. The van der Waals surface area contributed by atoms with Crippen molar-refractivity contribution in [1.29, 1.82) is 0 Å². The van der Waals surface area contributed by atoms with Crippen LogP contribution in [-0.2, 0) is 17.2 Å². The van der Waals surface area contributed by atoms with E-state index in [9.17, 15) is 4.79 Å². The summed E-state index contributed by atoms with van der Waals surface area (Å²) in [6.07, 6.45) is 0. The molecule has 0 aliphatic heterocycles. The number of amides is 1. The Hall–Kier alpha value is -1.55. The van der Waals surface area contributed by atoms with Crippen molar-refractivity contribution in [3.05, 3.63) is 29.6 Å². The van der Waals surface area contributed by atoms with E-state index in [4.69, 9.17) is 11.6 Å². The maximum Gasteiger partial charge on any atom is 0.239 e. The summed E-state index contributed by atoms with van der Waals surface area (Å²) in [5.74, 6) is 1.01. The molecule has 0 aliphatic rings. The van der Waals surface area contributed by atoms with Gasteiger partial charge in [-0.15, -0.1) is 11.6 Å². The SMILES string of the molecule is CCNC(=O)Cn1c(CCl)nc2cccc(C)c21. The van der Waals surface area contributed by atoms with Gasteiger partial charge in [-0.3, -0.25) is 4.79 Å². The molecule has 0 bridgehead atoms. The normalized spacial score (nSPS) is 10.8. The average molecular weight is 266 g/mol. The topological polar surface area (TPSA) is 46.9 Å². The van der Waals surface area contributed by atoms with Crippen molar-refractivity contribution in [2.75, 3.05) is 6.54 Å². The predicted molar refractivity (Wildman–Crippen MR) is 72.7 cm³/mol. The number of aromatic nitrogens is 2. The summed E-state index contributed by atoms with van der Waals surface area (Å²) >= 11 is 5.90. The molecular formula is C13H16ClN3O. The number of nitrogens with one attached hydrogen (secondary N) is 1. The standard InChI is InChI=1S/C13H16ClN3O/c1-3-15-12(18)8-17-11(7-14)16-10-6-4-5-9(2)13(10)17/h4-6H,3,7-8H2,1-2H3,(H,15,18). The van der Waals surface area contributed by atoms with Crippen LogP contribution in [0.1, 0.15) is 18.3 Å². The van der Waals surface area contributed by atoms with Crippen LogP contribution in [0.5, 0.6) is 0 Å². The largest absolute Gasteiger partial charge is 0.355 e. The lowest BCUT2D eigenvalue weighted by Crippen LogP contribution is -2.27. The molecule has 96 valence electrons. The third-order valence-electron chi connectivity index (χ3n) is 2.84. The van der Waals surface area contributed by atoms with E-state index < -0.39 is 0 Å². The Labute approximate surface area is 111 Å². The van der Waals surface area contributed by atoms with Crippen molar-refractivity contribution in [1.82, 2.24) is 14.9 Å². The molecule has 1 amide bonds. The quantitative estimate of drug-likeness (QED) is 0.862. The summed E-state index contributed by atoms with van der Waals surface area (Å²) < 4.78 is 1.89. The first-order valence-corrected chi connectivity index (χ1v) is 6.48. The molecule has 1 N–H and O–H groups in total. The second-order valence-corrected chi connectivity index (χ2v) is 4.41. The number of fused-ring (bicyclic) bond motifs is 1. The van der Waals surface area contributed by atoms with Crippen LogP contribution in [0.15, 0.2) is 18.2 Å². The molecule has 4 nitrogen and oxygen atoms in total. The van der Waals surface area contributed by atoms with Gasteiger partial charge in [0.2, 0.25) is 5.91 Å². The molecule has 0 atom stereocenters. The summed E-state index contributed by atoms with van der Waals surface area (Å²) in [4.78, 5) is 16.2. The molecule has 5 heteroatoms. The number of nitrogens with zero attached hydrogens (tertiary/aromatic N) is 2. The van der Waals surface area contributed by atoms with Crippen molar-refractivity contribution < 1.29 is 4.79 Å². The molecule has 1 aromatic carbocycles. The van der Waals surface area contributed by atoms with E-state index in [2.05, 4.69) is 10.3 Å². The van der Waals surface area contributed by atoms with E-state index >= 15 is 0 Å². The van der Waals surface area contributed by atoms with Crippen LogP contribution in [-0.4, -0.2) is 22.0 Å². The number of hydrogen-bond acceptors (Lipinski definition) is 2. The third-order valence-corrected chi connectivity index (χ3v) is 3.08. The Morgan fingerprint density at radius 1 is 1.50 bits per heavy atom. The number of imidazole rings is 1. The highest BCUT2D eigenvalue weighted by Crippen LogP contribution is 2.20. The Morgan fingerprint density at radius 3 is 2.94 bits per heavy atom. The number of hydrogen-bond donors (Lipinski definition) is 1. The molecule has 0 saturated heterocycles. The van der Waals surface area contributed by atoms with Crippen molar-refractivity contribution in [2.24, 2.45) is 0 Å². The van der Waals surface area contributed by atoms with E-state index in [0.717, 1.165) is 22.4 Å². The van der Waals surface area contributed by atoms with Gasteiger partial charge in [-0.1, -0.05) is 12.1 Å². The smallest absolute Gasteiger partial charge is 0.239 e. The highest BCUT2D eigenvalue weighted by Gasteiger charge is 2.13. The molecule has 0 unspecified atom stereocenters. The van der Waals surface area contributed by atoms with Crippen molar-refractivity contribution in [2.45, 2.75) is 26.3 Å². The highest BCUT2D eigenvalue weighted by molar-refractivity contribution is 6.16. The zero-order valence-electron chi connectivity index (χ0n) is 10.5. The van der Waals surface area contributed by atoms with Gasteiger partial charge in [0.05, 0.1) is 16.9 Å². The molecular weight excluding hydrogens is 250 g/mol. The number of alkyl halides is 1. The van der Waals surface area contributed by atoms with Crippen LogP contribution >= 0.6 is 11.6 Å². The first kappa shape index (κ1) is 12.9. The number of aryl methyl sites for hydroxylation is 1. The summed E-state index contributed by atoms with van der Waals surface area (Å²) in [6, 6.07) is 5.90. The fraction of sp³-hybridized carbons (Fsp3) is 0.385. The van der Waals surface area contributed by atoms with Gasteiger partial charge in [0, 0.05) is 6.54 Å². The predicted octanol–water partition coefficient (Wildman–Crippen LogP) is 2.22. The maximum atomic E-state index is 11.7. The van der Waals surface area contributed by atoms with E-state index in [0.29, 0.717) is 12.4 Å². The number of likely N-dealkylation sites (N-methyl/N-ethyl adjacent to an activating group) is 1. The van der Waals surface area contributed by atoms with Crippen LogP contribution < -0.4 is 5.32 Å². The summed E-state index contributed by atoms with van der Waals surface area (Å²) in [6.45, 7) is 4.80. The zero-order chi connectivity index (χ0) is 13.1. The first-order chi connectivity index (χ1) is 8.67. The van der Waals surface area contributed by atoms with Crippen LogP contribution in [0.3, 0.4) is 0 Å². The minimum Gasteiger partial charge on any atom is -0.355 e. The molecule has 0 fully saturated rings. The van der Waals surface area contributed by atoms with Gasteiger partial charge in [-0.2, -0.15) is 0 Å². The number of benzene rings is 1. The lowest BCUT2D eigenvalue weighted by molar-refractivity contribution is -0.121. The average Bonchev–Trinajstić information content (AvgIpc) is 2.69. The number of para-hydroxylation sites is 1. The van der Waals surface area contributed by atoms with Crippen LogP contribution in [0, 0.1) is 6.92 Å². The van der Waals surface area contributed by atoms with Gasteiger partial charge in [0.15, 0.2) is 0 Å². The molecule has 0 spiro atoms. The molecule has 18 heavy (non-hydrogen) atoms. The summed E-state index contributed by atoms with van der Waals surface area (Å²) in [7, 11) is 0. The number of carbonyl (C=O) groups excluding carboxylic acids is 1. The fourth-order valence-electron chi connectivity index (χ4n) is 2.08. The Morgan fingerprint density at radius 2 is 2.28 bits per heavy atom. The molecule has 2 aromatic rings. The number of rotatable bonds is 4. The van der Waals surface area contributed by atoms with Gasteiger partial charge in [-0.05, 0) is 25.5 Å². The minimum absolute atomic E-state index is 0.0218. The van der Waals surface area contributed by atoms with Gasteiger partial charge in [-0.25, -0.2) is 4.98 Å². The van der Waals surface area contributed by atoms with Crippen molar-refractivity contribution in [3.63, 3.8) is 0 Å². The lowest BCUT2D eigenvalue weighted by atomic mass is 10.2. The lowest BCUT2D eigenvalue weighted by Gasteiger charge is -2.08. The van der Waals surface area contributed by atoms with Crippen LogP contribution in [0.2, 0.25) is 0 Å². The molecule has 1 aromatic heterocycles. The van der Waals surface area contributed by atoms with Gasteiger partial charge < -0.3 is 9.88 Å². The third kappa shape index (κ3) is 2.34. The minimum atomic E-state index is -0.0218. The number of halogens is 1. The van der Waals surface area contributed by atoms with Crippen LogP contribution in [0.25, 0.3) is 11.0 Å². The molecule has 0 aliphatic carbocycles. The maximum absolute atomic E-state index is 11.7. The highest BCUT2D eigenvalue weighted by atomic mass is 35.5. The zero-order valence-corrected chi connectivity index (χ0v) is 11.3. The van der Waals surface area contributed by atoms with Crippen molar-refractivity contribution in [3.8, 4) is 0 Å². The molecule has 2 rings (SSSR count). The summed E-state index contributed by atoms with van der Waals surface area (Å²) in [5, 5.41) is 2.79. The first-order valence-electron chi connectivity index (χ1n) is 5.94. The van der Waals surface area contributed by atoms with E-state index in [1.54, 1.807) is 0 Å². The molecule has 0 saturated carbocycles. The van der Waals surface area contributed by atoms with Crippen molar-refractivity contribution >= 4 is 28.5 Å². The molecule has 0 radical (unpaired) electrons. The Kier molecular flexibility index (Phi) is 3.87. The van der Waals surface area contributed by atoms with Gasteiger partial charge in [0.25, 0.3) is 0 Å². The summed E-state index contributed by atoms with van der Waals surface area (Å²) in [5.41, 5.74) is 2.97. The van der Waals surface area contributed by atoms with Crippen LogP contribution in [0.4, 0.5) is 0 Å². The van der Waals surface area contributed by atoms with E-state index in [-0.39, 0.29) is 12.5 Å². The Bertz CT molecular complexity index is 577. The van der Waals surface area contributed by atoms with Gasteiger partial charge in [0.1, 0.15) is 12.4 Å². The fourth-order valence-corrected chi connectivity index (χ4v) is 2.29.